The molecule has 1 aliphatic heterocycles. The first-order chi connectivity index (χ1) is 10.6. The molecule has 0 spiro atoms. The first-order valence-corrected chi connectivity index (χ1v) is 8.33. The second-order valence-corrected chi connectivity index (χ2v) is 6.59. The molecule has 2 fully saturated rings. The number of hydrogen-bond donors (Lipinski definition) is 1. The van der Waals surface area contributed by atoms with Gasteiger partial charge in [-0.25, -0.2) is 0 Å². The summed E-state index contributed by atoms with van der Waals surface area (Å²) >= 11 is 0. The van der Waals surface area contributed by atoms with E-state index in [1.165, 1.54) is 5.56 Å². The average molecular weight is 302 g/mol. The van der Waals surface area contributed by atoms with E-state index >= 15 is 0 Å². The van der Waals surface area contributed by atoms with Crippen LogP contribution in [0, 0.1) is 5.92 Å². The van der Waals surface area contributed by atoms with Gasteiger partial charge in [-0.2, -0.15) is 0 Å². The number of nitrogens with zero attached hydrogens (tertiary/aromatic N) is 3. The second kappa shape index (κ2) is 6.75. The van der Waals surface area contributed by atoms with Crippen LogP contribution in [-0.2, 0) is 4.79 Å². The molecule has 2 aliphatic rings. The van der Waals surface area contributed by atoms with Gasteiger partial charge in [0.1, 0.15) is 0 Å². The van der Waals surface area contributed by atoms with Gasteiger partial charge in [0.15, 0.2) is 0 Å². The van der Waals surface area contributed by atoms with E-state index in [-0.39, 0.29) is 12.0 Å². The highest BCUT2D eigenvalue weighted by atomic mass is 16.2. The summed E-state index contributed by atoms with van der Waals surface area (Å²) in [6, 6.07) is 4.68. The Labute approximate surface area is 132 Å². The molecule has 1 aromatic heterocycles. The van der Waals surface area contributed by atoms with Crippen LogP contribution in [0.15, 0.2) is 24.5 Å². The predicted octanol–water partition coefficient (Wildman–Crippen LogP) is 1.41. The molecule has 0 unspecified atom stereocenters. The molecule has 1 saturated carbocycles. The van der Waals surface area contributed by atoms with E-state index in [0.29, 0.717) is 11.9 Å². The van der Waals surface area contributed by atoms with Crippen LogP contribution in [0.5, 0.6) is 0 Å². The van der Waals surface area contributed by atoms with Crippen molar-refractivity contribution in [1.29, 1.82) is 0 Å². The fourth-order valence-electron chi connectivity index (χ4n) is 3.66. The number of amides is 1. The minimum absolute atomic E-state index is 0.164. The lowest BCUT2D eigenvalue weighted by atomic mass is 10.0. The third kappa shape index (κ3) is 3.31. The highest BCUT2D eigenvalue weighted by molar-refractivity contribution is 5.79. The van der Waals surface area contributed by atoms with Crippen molar-refractivity contribution in [3.63, 3.8) is 0 Å². The van der Waals surface area contributed by atoms with E-state index in [9.17, 15) is 4.79 Å². The number of nitrogens with two attached hydrogens (primary N) is 1. The summed E-state index contributed by atoms with van der Waals surface area (Å²) in [5.41, 5.74) is 7.17. The zero-order chi connectivity index (χ0) is 15.5. The lowest BCUT2D eigenvalue weighted by Gasteiger charge is -2.39. The Kier molecular flexibility index (Phi) is 4.74. The summed E-state index contributed by atoms with van der Waals surface area (Å²) in [6.07, 6.45) is 6.56. The number of pyridine rings is 1. The SMILES string of the molecule is C[C@H](c1cccnc1)N1CCN(C(=O)[C@@H]2CC[C@H](N)C2)CC1. The molecule has 5 nitrogen and oxygen atoms in total. The number of carbonyl (C=O) groups is 1. The molecule has 1 aromatic rings. The lowest BCUT2D eigenvalue weighted by Crippen LogP contribution is -2.50. The van der Waals surface area contributed by atoms with Crippen molar-refractivity contribution in [1.82, 2.24) is 14.8 Å². The molecule has 0 aromatic carbocycles. The Hall–Kier alpha value is -1.46. The number of aromatic nitrogens is 1. The minimum Gasteiger partial charge on any atom is -0.340 e. The number of hydrogen-bond acceptors (Lipinski definition) is 4. The fourth-order valence-corrected chi connectivity index (χ4v) is 3.66. The summed E-state index contributed by atoms with van der Waals surface area (Å²) in [5.74, 6) is 0.485. The first-order valence-electron chi connectivity index (χ1n) is 8.33. The fraction of sp³-hybridized carbons (Fsp3) is 0.647. The van der Waals surface area contributed by atoms with Gasteiger partial charge in [-0.3, -0.25) is 14.7 Å². The number of piperazine rings is 1. The molecule has 1 aliphatic carbocycles. The van der Waals surface area contributed by atoms with E-state index in [2.05, 4.69) is 22.9 Å². The van der Waals surface area contributed by atoms with E-state index in [4.69, 9.17) is 5.73 Å². The monoisotopic (exact) mass is 302 g/mol. The molecule has 0 radical (unpaired) electrons. The van der Waals surface area contributed by atoms with Gasteiger partial charge < -0.3 is 10.6 Å². The van der Waals surface area contributed by atoms with Crippen LogP contribution >= 0.6 is 0 Å². The Bertz CT molecular complexity index is 499. The van der Waals surface area contributed by atoms with E-state index in [0.717, 1.165) is 45.4 Å². The van der Waals surface area contributed by atoms with Crippen molar-refractivity contribution in [3.8, 4) is 0 Å². The largest absolute Gasteiger partial charge is 0.340 e. The highest BCUT2D eigenvalue weighted by Crippen LogP contribution is 2.27. The number of carbonyl (C=O) groups excluding carboxylic acids is 1. The zero-order valence-corrected chi connectivity index (χ0v) is 13.3. The highest BCUT2D eigenvalue weighted by Gasteiger charge is 2.33. The van der Waals surface area contributed by atoms with Gasteiger partial charge in [-0.05, 0) is 37.8 Å². The molecular weight excluding hydrogens is 276 g/mol. The maximum atomic E-state index is 12.5. The maximum absolute atomic E-state index is 12.5. The molecule has 1 saturated heterocycles. The van der Waals surface area contributed by atoms with Crippen LogP contribution in [0.3, 0.4) is 0 Å². The molecule has 2 N–H and O–H groups in total. The van der Waals surface area contributed by atoms with Crippen LogP contribution in [0.4, 0.5) is 0 Å². The van der Waals surface area contributed by atoms with E-state index in [1.54, 1.807) is 6.20 Å². The summed E-state index contributed by atoms with van der Waals surface area (Å²) in [6.45, 7) is 5.73. The predicted molar refractivity (Wildman–Crippen MR) is 86.1 cm³/mol. The topological polar surface area (TPSA) is 62.5 Å². The summed E-state index contributed by atoms with van der Waals surface area (Å²) in [7, 11) is 0. The van der Waals surface area contributed by atoms with Crippen LogP contribution in [0.2, 0.25) is 0 Å². The summed E-state index contributed by atoms with van der Waals surface area (Å²) in [5, 5.41) is 0. The van der Waals surface area contributed by atoms with Crippen molar-refractivity contribution in [3.05, 3.63) is 30.1 Å². The van der Waals surface area contributed by atoms with Crippen LogP contribution in [0.1, 0.15) is 37.8 Å². The molecule has 5 heteroatoms. The quantitative estimate of drug-likeness (QED) is 0.917. The molecule has 0 bridgehead atoms. The van der Waals surface area contributed by atoms with Crippen molar-refractivity contribution in [2.24, 2.45) is 11.7 Å². The van der Waals surface area contributed by atoms with Gasteiger partial charge in [0.2, 0.25) is 5.91 Å². The second-order valence-electron chi connectivity index (χ2n) is 6.59. The Morgan fingerprint density at radius 2 is 2.09 bits per heavy atom. The van der Waals surface area contributed by atoms with Crippen molar-refractivity contribution in [2.75, 3.05) is 26.2 Å². The minimum atomic E-state index is 0.164. The molecule has 3 atom stereocenters. The van der Waals surface area contributed by atoms with Crippen LogP contribution in [-0.4, -0.2) is 52.9 Å². The molecule has 3 rings (SSSR count). The maximum Gasteiger partial charge on any atom is 0.225 e. The number of rotatable bonds is 3. The van der Waals surface area contributed by atoms with Gasteiger partial charge >= 0.3 is 0 Å². The van der Waals surface area contributed by atoms with Crippen molar-refractivity contribution < 1.29 is 4.79 Å². The van der Waals surface area contributed by atoms with Gasteiger partial charge in [-0.1, -0.05) is 6.07 Å². The van der Waals surface area contributed by atoms with Gasteiger partial charge in [0.25, 0.3) is 0 Å². The average Bonchev–Trinajstić information content (AvgIpc) is 3.01. The van der Waals surface area contributed by atoms with Crippen molar-refractivity contribution >= 4 is 5.91 Å². The normalized spacial score (nSPS) is 27.8. The third-order valence-corrected chi connectivity index (χ3v) is 5.16. The first kappa shape index (κ1) is 15.4. The third-order valence-electron chi connectivity index (χ3n) is 5.16. The van der Waals surface area contributed by atoms with Crippen molar-refractivity contribution in [2.45, 2.75) is 38.3 Å². The lowest BCUT2D eigenvalue weighted by molar-refractivity contribution is -0.137. The van der Waals surface area contributed by atoms with E-state index < -0.39 is 0 Å². The van der Waals surface area contributed by atoms with Gasteiger partial charge in [0, 0.05) is 56.6 Å². The van der Waals surface area contributed by atoms with Gasteiger partial charge in [0.05, 0.1) is 0 Å². The Morgan fingerprint density at radius 3 is 2.68 bits per heavy atom. The Morgan fingerprint density at radius 1 is 1.32 bits per heavy atom. The summed E-state index contributed by atoms with van der Waals surface area (Å²) < 4.78 is 0. The molecule has 120 valence electrons. The standard InChI is InChI=1S/C17H26N4O/c1-13(15-3-2-6-19-12-15)20-7-9-21(10-8-20)17(22)14-4-5-16(18)11-14/h2-3,6,12-14,16H,4-5,7-11,18H2,1H3/t13-,14-,16+/m1/s1. The molecular formula is C17H26N4O. The van der Waals surface area contributed by atoms with E-state index in [1.807, 2.05) is 17.2 Å². The zero-order valence-electron chi connectivity index (χ0n) is 13.3. The van der Waals surface area contributed by atoms with Crippen LogP contribution < -0.4 is 5.73 Å². The molecule has 22 heavy (non-hydrogen) atoms. The van der Waals surface area contributed by atoms with Gasteiger partial charge in [-0.15, -0.1) is 0 Å². The molecule has 1 amide bonds. The Balaban J connectivity index is 1.53. The smallest absolute Gasteiger partial charge is 0.225 e. The van der Waals surface area contributed by atoms with Crippen LogP contribution in [0.25, 0.3) is 0 Å². The summed E-state index contributed by atoms with van der Waals surface area (Å²) in [4.78, 5) is 21.2. The molecule has 2 heterocycles.